The van der Waals surface area contributed by atoms with E-state index in [1.807, 2.05) is 19.1 Å². The van der Waals surface area contributed by atoms with Gasteiger partial charge in [0, 0.05) is 31.5 Å². The summed E-state index contributed by atoms with van der Waals surface area (Å²) in [7, 11) is 1.72. The molecule has 0 radical (unpaired) electrons. The van der Waals surface area contributed by atoms with Crippen LogP contribution in [0.25, 0.3) is 0 Å². The van der Waals surface area contributed by atoms with E-state index < -0.39 is 11.7 Å². The molecular weight excluding hydrogens is 365 g/mol. The fourth-order valence-electron chi connectivity index (χ4n) is 2.58. The SMILES string of the molecule is Cc1cc(NC(=O)c2cccc(F)c2)sc1C(=O)N(C)Cc1cccnc1. The van der Waals surface area contributed by atoms with Crippen LogP contribution in [-0.4, -0.2) is 28.7 Å². The van der Waals surface area contributed by atoms with Gasteiger partial charge in [0.15, 0.2) is 0 Å². The normalized spacial score (nSPS) is 10.5. The molecule has 3 rings (SSSR count). The van der Waals surface area contributed by atoms with E-state index in [1.165, 1.54) is 35.6 Å². The van der Waals surface area contributed by atoms with E-state index in [4.69, 9.17) is 0 Å². The number of carbonyl (C=O) groups is 2. The maximum Gasteiger partial charge on any atom is 0.264 e. The van der Waals surface area contributed by atoms with Crippen molar-refractivity contribution in [3.8, 4) is 0 Å². The van der Waals surface area contributed by atoms with Crippen LogP contribution >= 0.6 is 11.3 Å². The zero-order valence-electron chi connectivity index (χ0n) is 14.9. The number of benzene rings is 1. The van der Waals surface area contributed by atoms with Gasteiger partial charge in [-0.05, 0) is 48.4 Å². The Morgan fingerprint density at radius 2 is 2.04 bits per heavy atom. The number of carbonyl (C=O) groups excluding carboxylic acids is 2. The minimum Gasteiger partial charge on any atom is -0.337 e. The lowest BCUT2D eigenvalue weighted by atomic mass is 10.2. The standard InChI is InChI=1S/C20H18FN3O2S/c1-13-9-17(23-19(25)15-6-3-7-16(21)10-15)27-18(13)20(26)24(2)12-14-5-4-8-22-11-14/h3-11H,12H2,1-2H3,(H,23,25). The quantitative estimate of drug-likeness (QED) is 0.721. The molecule has 0 atom stereocenters. The molecule has 3 aromatic rings. The zero-order chi connectivity index (χ0) is 19.4. The maximum absolute atomic E-state index is 13.3. The van der Waals surface area contributed by atoms with Crippen LogP contribution in [0.4, 0.5) is 9.39 Å². The Bertz CT molecular complexity index is 972. The third kappa shape index (κ3) is 4.57. The molecule has 2 amide bonds. The number of rotatable bonds is 5. The Kier molecular flexibility index (Phi) is 5.61. The highest BCUT2D eigenvalue weighted by molar-refractivity contribution is 7.18. The van der Waals surface area contributed by atoms with E-state index in [-0.39, 0.29) is 11.5 Å². The van der Waals surface area contributed by atoms with E-state index in [1.54, 1.807) is 30.4 Å². The van der Waals surface area contributed by atoms with Crippen molar-refractivity contribution in [3.05, 3.63) is 82.2 Å². The lowest BCUT2D eigenvalue weighted by Crippen LogP contribution is -2.26. The number of nitrogens with zero attached hydrogens (tertiary/aromatic N) is 2. The molecule has 0 spiro atoms. The molecule has 0 saturated heterocycles. The van der Waals surface area contributed by atoms with Crippen LogP contribution in [-0.2, 0) is 6.54 Å². The van der Waals surface area contributed by atoms with Gasteiger partial charge in [-0.1, -0.05) is 12.1 Å². The Balaban J connectivity index is 1.72. The molecule has 0 bridgehead atoms. The topological polar surface area (TPSA) is 62.3 Å². The molecule has 0 saturated carbocycles. The first kappa shape index (κ1) is 18.7. The highest BCUT2D eigenvalue weighted by atomic mass is 32.1. The van der Waals surface area contributed by atoms with Crippen LogP contribution in [0.2, 0.25) is 0 Å². The molecule has 0 aliphatic heterocycles. The predicted molar refractivity (Wildman–Crippen MR) is 103 cm³/mol. The van der Waals surface area contributed by atoms with Crippen LogP contribution in [0.1, 0.15) is 31.2 Å². The first-order valence-electron chi connectivity index (χ1n) is 8.26. The number of hydrogen-bond donors (Lipinski definition) is 1. The minimum atomic E-state index is -0.474. The number of aromatic nitrogens is 1. The Hall–Kier alpha value is -3.06. The fourth-order valence-corrected chi connectivity index (χ4v) is 3.64. The molecule has 0 fully saturated rings. The predicted octanol–water partition coefficient (Wildman–Crippen LogP) is 4.12. The van der Waals surface area contributed by atoms with Gasteiger partial charge in [-0.15, -0.1) is 11.3 Å². The maximum atomic E-state index is 13.3. The van der Waals surface area contributed by atoms with E-state index in [9.17, 15) is 14.0 Å². The van der Waals surface area contributed by atoms with Crippen molar-refractivity contribution in [1.82, 2.24) is 9.88 Å². The van der Waals surface area contributed by atoms with E-state index in [0.717, 1.165) is 11.1 Å². The van der Waals surface area contributed by atoms with Gasteiger partial charge in [0.1, 0.15) is 5.82 Å². The highest BCUT2D eigenvalue weighted by Crippen LogP contribution is 2.28. The number of anilines is 1. The number of aryl methyl sites for hydroxylation is 1. The van der Waals surface area contributed by atoms with Crippen molar-refractivity contribution in [1.29, 1.82) is 0 Å². The van der Waals surface area contributed by atoms with Gasteiger partial charge in [-0.2, -0.15) is 0 Å². The molecule has 27 heavy (non-hydrogen) atoms. The van der Waals surface area contributed by atoms with Gasteiger partial charge in [-0.3, -0.25) is 14.6 Å². The summed E-state index contributed by atoms with van der Waals surface area (Å²) in [5.41, 5.74) is 1.93. The summed E-state index contributed by atoms with van der Waals surface area (Å²) in [6.45, 7) is 2.26. The van der Waals surface area contributed by atoms with Gasteiger partial charge < -0.3 is 10.2 Å². The zero-order valence-corrected chi connectivity index (χ0v) is 15.7. The van der Waals surface area contributed by atoms with E-state index >= 15 is 0 Å². The van der Waals surface area contributed by atoms with Crippen LogP contribution in [0.15, 0.2) is 54.9 Å². The molecule has 2 heterocycles. The summed E-state index contributed by atoms with van der Waals surface area (Å²) < 4.78 is 13.3. The smallest absolute Gasteiger partial charge is 0.264 e. The van der Waals surface area contributed by atoms with Crippen molar-refractivity contribution in [2.45, 2.75) is 13.5 Å². The summed E-state index contributed by atoms with van der Waals surface area (Å²) in [4.78, 5) is 31.2. The average molecular weight is 383 g/mol. The van der Waals surface area contributed by atoms with Crippen molar-refractivity contribution < 1.29 is 14.0 Å². The number of amides is 2. The van der Waals surface area contributed by atoms with Gasteiger partial charge in [-0.25, -0.2) is 4.39 Å². The number of pyridine rings is 1. The second kappa shape index (κ2) is 8.09. The van der Waals surface area contributed by atoms with Gasteiger partial charge >= 0.3 is 0 Å². The second-order valence-electron chi connectivity index (χ2n) is 6.11. The van der Waals surface area contributed by atoms with Crippen LogP contribution in [0.5, 0.6) is 0 Å². The molecule has 0 unspecified atom stereocenters. The summed E-state index contributed by atoms with van der Waals surface area (Å²) in [6, 6.07) is 10.9. The van der Waals surface area contributed by atoms with Gasteiger partial charge in [0.05, 0.1) is 9.88 Å². The minimum absolute atomic E-state index is 0.132. The first-order chi connectivity index (χ1) is 12.9. The van der Waals surface area contributed by atoms with Crippen molar-refractivity contribution in [2.75, 3.05) is 12.4 Å². The average Bonchev–Trinajstić information content (AvgIpc) is 3.02. The summed E-state index contributed by atoms with van der Waals surface area (Å²) in [5.74, 6) is -1.02. The fraction of sp³-hybridized carbons (Fsp3) is 0.150. The monoisotopic (exact) mass is 383 g/mol. The highest BCUT2D eigenvalue weighted by Gasteiger charge is 2.19. The molecule has 1 aromatic carbocycles. The molecular formula is C20H18FN3O2S. The Labute approximate surface area is 160 Å². The lowest BCUT2D eigenvalue weighted by Gasteiger charge is -2.16. The van der Waals surface area contributed by atoms with Crippen molar-refractivity contribution in [2.24, 2.45) is 0 Å². The van der Waals surface area contributed by atoms with E-state index in [0.29, 0.717) is 16.4 Å². The van der Waals surface area contributed by atoms with Gasteiger partial charge in [0.25, 0.3) is 11.8 Å². The molecule has 7 heteroatoms. The van der Waals surface area contributed by atoms with Crippen molar-refractivity contribution in [3.63, 3.8) is 0 Å². The number of nitrogens with one attached hydrogen (secondary N) is 1. The molecule has 5 nitrogen and oxygen atoms in total. The van der Waals surface area contributed by atoms with Gasteiger partial charge in [0.2, 0.25) is 0 Å². The lowest BCUT2D eigenvalue weighted by molar-refractivity contribution is 0.0789. The molecule has 0 aliphatic rings. The summed E-state index contributed by atoms with van der Waals surface area (Å²) in [5, 5.41) is 3.26. The summed E-state index contributed by atoms with van der Waals surface area (Å²) in [6.07, 6.45) is 3.40. The number of hydrogen-bond acceptors (Lipinski definition) is 4. The Morgan fingerprint density at radius 1 is 1.22 bits per heavy atom. The third-order valence-corrected chi connectivity index (χ3v) is 5.07. The largest absolute Gasteiger partial charge is 0.337 e. The molecule has 1 N–H and O–H groups in total. The second-order valence-corrected chi connectivity index (χ2v) is 7.16. The van der Waals surface area contributed by atoms with Crippen LogP contribution < -0.4 is 5.32 Å². The molecule has 0 aliphatic carbocycles. The van der Waals surface area contributed by atoms with Crippen LogP contribution in [0.3, 0.4) is 0 Å². The Morgan fingerprint density at radius 3 is 2.74 bits per heavy atom. The molecule has 2 aromatic heterocycles. The summed E-state index contributed by atoms with van der Waals surface area (Å²) >= 11 is 1.20. The van der Waals surface area contributed by atoms with E-state index in [2.05, 4.69) is 10.3 Å². The number of halogens is 1. The number of thiophene rings is 1. The van der Waals surface area contributed by atoms with Crippen molar-refractivity contribution >= 4 is 28.2 Å². The third-order valence-electron chi connectivity index (χ3n) is 3.92. The molecule has 138 valence electrons. The first-order valence-corrected chi connectivity index (χ1v) is 9.07. The van der Waals surface area contributed by atoms with Crippen LogP contribution in [0, 0.1) is 12.7 Å².